The van der Waals surface area contributed by atoms with Gasteiger partial charge in [0.25, 0.3) is 11.6 Å². The van der Waals surface area contributed by atoms with Crippen LogP contribution in [0, 0.1) is 22.0 Å². The molecular weight excluding hydrogens is 468 g/mol. The quantitative estimate of drug-likeness (QED) is 0.284. The molecule has 190 valence electrons. The summed E-state index contributed by atoms with van der Waals surface area (Å²) in [5.74, 6) is 0.873. The molecule has 2 amide bonds. The van der Waals surface area contributed by atoms with E-state index in [1.165, 1.54) is 42.4 Å². The lowest BCUT2D eigenvalue weighted by Crippen LogP contribution is -2.41. The van der Waals surface area contributed by atoms with Gasteiger partial charge in [0.15, 0.2) is 11.0 Å². The van der Waals surface area contributed by atoms with Crippen LogP contribution in [0.2, 0.25) is 0 Å². The van der Waals surface area contributed by atoms with Crippen LogP contribution in [0.4, 0.5) is 5.69 Å². The molecule has 0 aliphatic heterocycles. The first-order valence-electron chi connectivity index (χ1n) is 12.1. The smallest absolute Gasteiger partial charge is 0.270 e. The first-order chi connectivity index (χ1) is 16.7. The van der Waals surface area contributed by atoms with Gasteiger partial charge in [0, 0.05) is 30.3 Å². The summed E-state index contributed by atoms with van der Waals surface area (Å²) in [6.07, 6.45) is 4.53. The second-order valence-corrected chi connectivity index (χ2v) is 10.3. The average molecular weight is 503 g/mol. The van der Waals surface area contributed by atoms with Gasteiger partial charge in [0.2, 0.25) is 5.91 Å². The molecule has 0 spiro atoms. The molecule has 0 saturated heterocycles. The number of nitrogens with zero attached hydrogens (tertiary/aromatic N) is 4. The fraction of sp³-hybridized carbons (Fsp3) is 0.583. The van der Waals surface area contributed by atoms with E-state index >= 15 is 0 Å². The standard InChI is InChI=1S/C24H34N6O4S/c1-5-29-22(21(15(2)3)26-23(32)17-10-8-11-18(13-17)30(33)34)27-28-24(29)35-14-20(31)25-19-12-7-6-9-16(19)4/h8,10-11,13,15-16,19,21H,5-7,9,12,14H2,1-4H3,(H,25,31)(H,26,32)/t16-,19+,21+/m0/s1. The zero-order valence-electron chi connectivity index (χ0n) is 20.7. The van der Waals surface area contributed by atoms with Crippen molar-refractivity contribution < 1.29 is 14.5 Å². The molecule has 1 saturated carbocycles. The van der Waals surface area contributed by atoms with Crippen molar-refractivity contribution in [2.75, 3.05) is 5.75 Å². The van der Waals surface area contributed by atoms with Gasteiger partial charge in [0.05, 0.1) is 16.7 Å². The molecule has 0 unspecified atom stereocenters. The Morgan fingerprint density at radius 2 is 2.00 bits per heavy atom. The van der Waals surface area contributed by atoms with Gasteiger partial charge in [-0.1, -0.05) is 51.4 Å². The van der Waals surface area contributed by atoms with Gasteiger partial charge in [0.1, 0.15) is 0 Å². The second-order valence-electron chi connectivity index (χ2n) is 9.31. The number of benzene rings is 1. The van der Waals surface area contributed by atoms with Crippen molar-refractivity contribution in [3.05, 3.63) is 45.8 Å². The maximum Gasteiger partial charge on any atom is 0.270 e. The SMILES string of the molecule is CCn1c(SCC(=O)N[C@@H]2CCCC[C@@H]2C)nnc1[C@H](NC(=O)c1cccc([N+](=O)[O-])c1)C(C)C. The first-order valence-corrected chi connectivity index (χ1v) is 13.1. The van der Waals surface area contributed by atoms with Crippen LogP contribution in [0.25, 0.3) is 0 Å². The minimum atomic E-state index is -0.529. The maximum absolute atomic E-state index is 12.9. The Morgan fingerprint density at radius 1 is 1.26 bits per heavy atom. The molecule has 35 heavy (non-hydrogen) atoms. The Balaban J connectivity index is 1.70. The van der Waals surface area contributed by atoms with Crippen molar-refractivity contribution in [1.29, 1.82) is 0 Å². The Morgan fingerprint density at radius 3 is 2.66 bits per heavy atom. The Hall–Kier alpha value is -2.95. The number of carbonyl (C=O) groups excluding carboxylic acids is 2. The fourth-order valence-corrected chi connectivity index (χ4v) is 5.18. The van der Waals surface area contributed by atoms with E-state index in [0.717, 1.165) is 19.3 Å². The lowest BCUT2D eigenvalue weighted by atomic mass is 9.86. The van der Waals surface area contributed by atoms with Gasteiger partial charge in [-0.15, -0.1) is 10.2 Å². The average Bonchev–Trinajstić information content (AvgIpc) is 3.24. The summed E-state index contributed by atoms with van der Waals surface area (Å²) in [7, 11) is 0. The Bertz CT molecular complexity index is 1060. The maximum atomic E-state index is 12.9. The number of non-ortho nitro benzene ring substituents is 1. The summed E-state index contributed by atoms with van der Waals surface area (Å²) >= 11 is 1.33. The molecule has 3 rings (SSSR count). The van der Waals surface area contributed by atoms with E-state index in [4.69, 9.17) is 0 Å². The van der Waals surface area contributed by atoms with Crippen LogP contribution in [-0.4, -0.2) is 43.3 Å². The van der Waals surface area contributed by atoms with E-state index in [2.05, 4.69) is 27.8 Å². The molecule has 2 N–H and O–H groups in total. The van der Waals surface area contributed by atoms with Gasteiger partial charge in [-0.2, -0.15) is 0 Å². The molecular formula is C24H34N6O4S. The minimum absolute atomic E-state index is 0.0129. The van der Waals surface area contributed by atoms with E-state index in [1.54, 1.807) is 0 Å². The molecule has 1 aliphatic carbocycles. The van der Waals surface area contributed by atoms with E-state index in [1.807, 2.05) is 25.3 Å². The van der Waals surface area contributed by atoms with Crippen LogP contribution in [-0.2, 0) is 11.3 Å². The van der Waals surface area contributed by atoms with Crippen molar-refractivity contribution in [2.45, 2.75) is 77.2 Å². The molecule has 0 bridgehead atoms. The molecule has 2 aromatic rings. The first kappa shape index (κ1) is 26.7. The highest BCUT2D eigenvalue weighted by Crippen LogP contribution is 2.27. The predicted octanol–water partition coefficient (Wildman–Crippen LogP) is 4.12. The third-order valence-electron chi connectivity index (χ3n) is 6.40. The monoisotopic (exact) mass is 502 g/mol. The number of hydrogen-bond acceptors (Lipinski definition) is 7. The summed E-state index contributed by atoms with van der Waals surface area (Å²) in [6, 6.07) is 5.40. The van der Waals surface area contributed by atoms with E-state index in [9.17, 15) is 19.7 Å². The lowest BCUT2D eigenvalue weighted by Gasteiger charge is -2.29. The largest absolute Gasteiger partial charge is 0.352 e. The van der Waals surface area contributed by atoms with Crippen LogP contribution < -0.4 is 10.6 Å². The Kier molecular flexibility index (Phi) is 9.25. The fourth-order valence-electron chi connectivity index (χ4n) is 4.36. The number of carbonyl (C=O) groups is 2. The Labute approximate surface area is 209 Å². The number of rotatable bonds is 10. The van der Waals surface area contributed by atoms with Gasteiger partial charge < -0.3 is 15.2 Å². The molecule has 1 aromatic heterocycles. The number of amides is 2. The molecule has 11 heteroatoms. The summed E-state index contributed by atoms with van der Waals surface area (Å²) < 4.78 is 1.90. The number of nitro benzene ring substituents is 1. The van der Waals surface area contributed by atoms with Crippen LogP contribution in [0.5, 0.6) is 0 Å². The van der Waals surface area contributed by atoms with Gasteiger partial charge in [-0.3, -0.25) is 19.7 Å². The van der Waals surface area contributed by atoms with Crippen LogP contribution in [0.15, 0.2) is 29.4 Å². The predicted molar refractivity (Wildman–Crippen MR) is 134 cm³/mol. The summed E-state index contributed by atoms with van der Waals surface area (Å²) in [6.45, 7) is 8.63. The highest BCUT2D eigenvalue weighted by Gasteiger charge is 2.27. The number of aromatic nitrogens is 3. The zero-order valence-corrected chi connectivity index (χ0v) is 21.5. The number of nitrogens with one attached hydrogen (secondary N) is 2. The van der Waals surface area contributed by atoms with Crippen molar-refractivity contribution in [3.63, 3.8) is 0 Å². The summed E-state index contributed by atoms with van der Waals surface area (Å²) in [4.78, 5) is 36.0. The van der Waals surface area contributed by atoms with Crippen molar-refractivity contribution in [1.82, 2.24) is 25.4 Å². The van der Waals surface area contributed by atoms with Crippen molar-refractivity contribution in [2.24, 2.45) is 11.8 Å². The minimum Gasteiger partial charge on any atom is -0.352 e. The van der Waals surface area contributed by atoms with Crippen molar-refractivity contribution >= 4 is 29.3 Å². The molecule has 1 aromatic carbocycles. The number of nitro groups is 1. The number of thioether (sulfide) groups is 1. The molecule has 1 fully saturated rings. The summed E-state index contributed by atoms with van der Waals surface area (Å²) in [5.41, 5.74) is 0.0608. The highest BCUT2D eigenvalue weighted by molar-refractivity contribution is 7.99. The van der Waals surface area contributed by atoms with Crippen molar-refractivity contribution in [3.8, 4) is 0 Å². The van der Waals surface area contributed by atoms with Crippen LogP contribution >= 0.6 is 11.8 Å². The summed E-state index contributed by atoms with van der Waals surface area (Å²) in [5, 5.41) is 26.4. The van der Waals surface area contributed by atoms with Gasteiger partial charge in [-0.05, 0) is 37.7 Å². The zero-order chi connectivity index (χ0) is 25.5. The topological polar surface area (TPSA) is 132 Å². The molecule has 3 atom stereocenters. The van der Waals surface area contributed by atoms with Gasteiger partial charge in [-0.25, -0.2) is 0 Å². The number of hydrogen-bond donors (Lipinski definition) is 2. The van der Waals surface area contributed by atoms with Crippen LogP contribution in [0.1, 0.15) is 75.6 Å². The van der Waals surface area contributed by atoms with Crippen LogP contribution in [0.3, 0.4) is 0 Å². The molecule has 10 nitrogen and oxygen atoms in total. The lowest BCUT2D eigenvalue weighted by molar-refractivity contribution is -0.384. The second kappa shape index (κ2) is 12.1. The van der Waals surface area contributed by atoms with E-state index < -0.39 is 16.9 Å². The third-order valence-corrected chi connectivity index (χ3v) is 7.37. The normalized spacial score (nSPS) is 18.8. The molecule has 0 radical (unpaired) electrons. The third kappa shape index (κ3) is 6.81. The highest BCUT2D eigenvalue weighted by atomic mass is 32.2. The molecule has 1 aliphatic rings. The molecule has 1 heterocycles. The van der Waals surface area contributed by atoms with Gasteiger partial charge >= 0.3 is 0 Å². The van der Waals surface area contributed by atoms with E-state index in [0.29, 0.717) is 23.4 Å². The van der Waals surface area contributed by atoms with E-state index in [-0.39, 0.29) is 34.9 Å².